The molecule has 1 atom stereocenters. The van der Waals surface area contributed by atoms with Crippen molar-refractivity contribution in [1.29, 1.82) is 0 Å². The molecule has 2 aromatic carbocycles. The lowest BCUT2D eigenvalue weighted by Crippen LogP contribution is -2.69. The standard InChI is InChI=1S/C20H28O4Si/c1-5-18(20(21,22)23)24-25(19(2,3)4,16-12-8-6-9-13-16)17-14-10-7-11-15-17/h6-15,18,21-23H,5H2,1-4H3. The van der Waals surface area contributed by atoms with Gasteiger partial charge >= 0.3 is 5.97 Å². The van der Waals surface area contributed by atoms with Gasteiger partial charge in [0, 0.05) is 0 Å². The van der Waals surface area contributed by atoms with E-state index in [1.54, 1.807) is 6.92 Å². The zero-order chi connectivity index (χ0) is 18.7. The van der Waals surface area contributed by atoms with Gasteiger partial charge in [-0.3, -0.25) is 0 Å². The van der Waals surface area contributed by atoms with E-state index in [2.05, 4.69) is 20.8 Å². The van der Waals surface area contributed by atoms with Gasteiger partial charge in [-0.05, 0) is 21.8 Å². The number of hydrogen-bond acceptors (Lipinski definition) is 4. The van der Waals surface area contributed by atoms with Crippen LogP contribution in [-0.4, -0.2) is 35.7 Å². The lowest BCUT2D eigenvalue weighted by atomic mass is 10.2. The summed E-state index contributed by atoms with van der Waals surface area (Å²) in [6, 6.07) is 19.8. The van der Waals surface area contributed by atoms with Crippen molar-refractivity contribution in [3.8, 4) is 0 Å². The molecular formula is C20H28O4Si. The second-order valence-corrected chi connectivity index (χ2v) is 11.6. The fourth-order valence-electron chi connectivity index (χ4n) is 3.34. The maximum atomic E-state index is 9.81. The predicted octanol–water partition coefficient (Wildman–Crippen LogP) is 1.97. The summed E-state index contributed by atoms with van der Waals surface area (Å²) in [4.78, 5) is 0. The van der Waals surface area contributed by atoms with Crippen molar-refractivity contribution in [3.05, 3.63) is 60.7 Å². The molecule has 0 amide bonds. The second kappa shape index (κ2) is 7.39. The van der Waals surface area contributed by atoms with Gasteiger partial charge in [-0.1, -0.05) is 88.4 Å². The molecule has 3 N–H and O–H groups in total. The van der Waals surface area contributed by atoms with Crippen LogP contribution in [0.4, 0.5) is 0 Å². The van der Waals surface area contributed by atoms with Crippen LogP contribution in [0, 0.1) is 0 Å². The van der Waals surface area contributed by atoms with Crippen LogP contribution in [0.2, 0.25) is 5.04 Å². The number of aliphatic hydroxyl groups is 3. The van der Waals surface area contributed by atoms with E-state index < -0.39 is 20.4 Å². The molecule has 4 nitrogen and oxygen atoms in total. The quantitative estimate of drug-likeness (QED) is 0.544. The van der Waals surface area contributed by atoms with Crippen LogP contribution < -0.4 is 10.4 Å². The topological polar surface area (TPSA) is 69.9 Å². The Morgan fingerprint density at radius 3 is 1.52 bits per heavy atom. The smallest absolute Gasteiger partial charge is 0.301 e. The molecule has 0 saturated heterocycles. The summed E-state index contributed by atoms with van der Waals surface area (Å²) in [5.41, 5.74) is 0. The summed E-state index contributed by atoms with van der Waals surface area (Å²) in [5.74, 6) is -2.89. The van der Waals surface area contributed by atoms with Gasteiger partial charge in [-0.2, -0.15) is 0 Å². The molecule has 5 heteroatoms. The van der Waals surface area contributed by atoms with Gasteiger partial charge in [-0.15, -0.1) is 0 Å². The van der Waals surface area contributed by atoms with E-state index in [0.717, 1.165) is 10.4 Å². The molecular weight excluding hydrogens is 332 g/mol. The minimum Gasteiger partial charge on any atom is -0.396 e. The molecule has 0 aliphatic heterocycles. The second-order valence-electron chi connectivity index (χ2n) is 7.37. The average Bonchev–Trinajstić information content (AvgIpc) is 2.55. The van der Waals surface area contributed by atoms with Crippen molar-refractivity contribution < 1.29 is 19.7 Å². The van der Waals surface area contributed by atoms with Gasteiger partial charge in [-0.25, -0.2) is 0 Å². The molecule has 1 unspecified atom stereocenters. The molecule has 0 fully saturated rings. The van der Waals surface area contributed by atoms with E-state index in [9.17, 15) is 15.3 Å². The van der Waals surface area contributed by atoms with Crippen molar-refractivity contribution in [2.24, 2.45) is 0 Å². The Hall–Kier alpha value is -1.50. The number of hydrogen-bond donors (Lipinski definition) is 3. The first-order valence-electron chi connectivity index (χ1n) is 8.59. The van der Waals surface area contributed by atoms with Crippen molar-refractivity contribution >= 4 is 18.7 Å². The van der Waals surface area contributed by atoms with Gasteiger partial charge in [0.05, 0.1) is 0 Å². The van der Waals surface area contributed by atoms with Crippen molar-refractivity contribution in [3.63, 3.8) is 0 Å². The molecule has 0 radical (unpaired) electrons. The minimum atomic E-state index is -2.92. The Morgan fingerprint density at radius 1 is 0.840 bits per heavy atom. The first-order valence-corrected chi connectivity index (χ1v) is 10.5. The number of benzene rings is 2. The van der Waals surface area contributed by atoms with Crippen LogP contribution in [0.3, 0.4) is 0 Å². The van der Waals surface area contributed by atoms with E-state index in [-0.39, 0.29) is 11.5 Å². The summed E-state index contributed by atoms with van der Waals surface area (Å²) in [5, 5.41) is 31.2. The predicted molar refractivity (Wildman–Crippen MR) is 102 cm³/mol. The van der Waals surface area contributed by atoms with Gasteiger partial charge in [0.25, 0.3) is 8.32 Å². The summed E-state index contributed by atoms with van der Waals surface area (Å²) >= 11 is 0. The Bertz CT molecular complexity index is 620. The molecule has 2 aromatic rings. The largest absolute Gasteiger partial charge is 0.396 e. The molecule has 0 aliphatic rings. The highest BCUT2D eigenvalue weighted by atomic mass is 28.4. The number of rotatable bonds is 6. The van der Waals surface area contributed by atoms with Gasteiger partial charge in [0.2, 0.25) is 0 Å². The summed E-state index contributed by atoms with van der Waals surface area (Å²) in [6.07, 6.45) is -0.840. The fourth-order valence-corrected chi connectivity index (χ4v) is 8.11. The van der Waals surface area contributed by atoms with Crippen molar-refractivity contribution in [2.75, 3.05) is 0 Å². The van der Waals surface area contributed by atoms with Crippen LogP contribution in [-0.2, 0) is 4.43 Å². The maximum absolute atomic E-state index is 9.81. The Labute approximate surface area is 150 Å². The minimum absolute atomic E-state index is 0.272. The van der Waals surface area contributed by atoms with Gasteiger partial charge < -0.3 is 19.7 Å². The first kappa shape index (κ1) is 19.8. The normalized spacial score (nSPS) is 14.4. The molecule has 0 saturated carbocycles. The van der Waals surface area contributed by atoms with Crippen molar-refractivity contribution in [2.45, 2.75) is 51.2 Å². The van der Waals surface area contributed by atoms with Crippen LogP contribution in [0.15, 0.2) is 60.7 Å². The lowest BCUT2D eigenvalue weighted by molar-refractivity contribution is -0.351. The van der Waals surface area contributed by atoms with Gasteiger partial charge in [0.1, 0.15) is 6.10 Å². The van der Waals surface area contributed by atoms with Crippen LogP contribution in [0.1, 0.15) is 34.1 Å². The molecule has 0 spiro atoms. The zero-order valence-corrected chi connectivity index (χ0v) is 16.3. The molecule has 0 bridgehead atoms. The van der Waals surface area contributed by atoms with E-state index in [0.29, 0.717) is 0 Å². The molecule has 0 aromatic heterocycles. The Morgan fingerprint density at radius 2 is 1.24 bits per heavy atom. The van der Waals surface area contributed by atoms with Crippen LogP contribution in [0.25, 0.3) is 0 Å². The summed E-state index contributed by atoms with van der Waals surface area (Å²) < 4.78 is 6.48. The first-order chi connectivity index (χ1) is 11.6. The lowest BCUT2D eigenvalue weighted by Gasteiger charge is -2.46. The molecule has 25 heavy (non-hydrogen) atoms. The third-order valence-electron chi connectivity index (χ3n) is 4.54. The van der Waals surface area contributed by atoms with E-state index >= 15 is 0 Å². The highest BCUT2D eigenvalue weighted by Gasteiger charge is 2.53. The molecule has 0 heterocycles. The third kappa shape index (κ3) is 4.02. The fraction of sp³-hybridized carbons (Fsp3) is 0.400. The summed E-state index contributed by atoms with van der Waals surface area (Å²) in [7, 11) is -2.92. The summed E-state index contributed by atoms with van der Waals surface area (Å²) in [6.45, 7) is 8.05. The highest BCUT2D eigenvalue weighted by molar-refractivity contribution is 6.99. The van der Waals surface area contributed by atoms with Crippen LogP contribution >= 0.6 is 0 Å². The van der Waals surface area contributed by atoms with Crippen LogP contribution in [0.5, 0.6) is 0 Å². The molecule has 0 aliphatic carbocycles. The highest BCUT2D eigenvalue weighted by Crippen LogP contribution is 2.38. The van der Waals surface area contributed by atoms with Crippen molar-refractivity contribution in [1.82, 2.24) is 0 Å². The van der Waals surface area contributed by atoms with E-state index in [4.69, 9.17) is 4.43 Å². The van der Waals surface area contributed by atoms with Gasteiger partial charge in [0.15, 0.2) is 0 Å². The Kier molecular flexibility index (Phi) is 5.86. The Balaban J connectivity index is 2.73. The van der Waals surface area contributed by atoms with E-state index in [1.807, 2.05) is 60.7 Å². The molecule has 136 valence electrons. The monoisotopic (exact) mass is 360 g/mol. The third-order valence-corrected chi connectivity index (χ3v) is 9.58. The average molecular weight is 361 g/mol. The maximum Gasteiger partial charge on any atom is 0.301 e. The molecule has 2 rings (SSSR count). The zero-order valence-electron chi connectivity index (χ0n) is 15.3. The SMILES string of the molecule is CCC(O[Si](c1ccccc1)(c1ccccc1)C(C)(C)C)C(O)(O)O. The van der Waals surface area contributed by atoms with E-state index in [1.165, 1.54) is 0 Å².